The van der Waals surface area contributed by atoms with E-state index in [-0.39, 0.29) is 0 Å². The summed E-state index contributed by atoms with van der Waals surface area (Å²) in [5.41, 5.74) is 0. The topological polar surface area (TPSA) is 42.0 Å². The second-order valence-corrected chi connectivity index (χ2v) is 4.87. The van der Waals surface area contributed by atoms with E-state index in [2.05, 4.69) is 28.5 Å². The number of fused-ring (bicyclic) bond motifs is 1. The van der Waals surface area contributed by atoms with E-state index in [1.807, 2.05) is 18.3 Å². The highest BCUT2D eigenvalue weighted by Gasteiger charge is 2.18. The Balaban J connectivity index is 1.76. The summed E-state index contributed by atoms with van der Waals surface area (Å²) in [5, 5.41) is 5.78. The smallest absolute Gasteiger partial charge is 0.133 e. The third kappa shape index (κ3) is 2.35. The molecule has 0 aliphatic heterocycles. The third-order valence-corrected chi connectivity index (χ3v) is 3.53. The van der Waals surface area contributed by atoms with Crippen LogP contribution in [0.15, 0.2) is 36.5 Å². The highest BCUT2D eigenvalue weighted by molar-refractivity contribution is 5.84. The van der Waals surface area contributed by atoms with Gasteiger partial charge in [-0.2, -0.15) is 0 Å². The van der Waals surface area contributed by atoms with E-state index in [9.17, 15) is 4.79 Å². The maximum absolute atomic E-state index is 11.2. The van der Waals surface area contributed by atoms with Crippen LogP contribution in [0, 0.1) is 0 Å². The average Bonchev–Trinajstić information content (AvgIpc) is 2.41. The fourth-order valence-corrected chi connectivity index (χ4v) is 2.46. The molecule has 0 saturated heterocycles. The monoisotopic (exact) mass is 240 g/mol. The number of hydrogen-bond acceptors (Lipinski definition) is 3. The molecule has 2 aromatic rings. The van der Waals surface area contributed by atoms with E-state index in [1.165, 1.54) is 5.39 Å². The quantitative estimate of drug-likeness (QED) is 0.876. The fraction of sp³-hybridized carbons (Fsp3) is 0.333. The van der Waals surface area contributed by atoms with Gasteiger partial charge in [-0.25, -0.2) is 4.98 Å². The van der Waals surface area contributed by atoms with E-state index in [0.717, 1.165) is 24.0 Å². The number of nitrogens with one attached hydrogen (secondary N) is 1. The minimum absolute atomic E-state index is 0.386. The molecule has 1 aliphatic rings. The molecular weight excluding hydrogens is 224 g/mol. The Kier molecular flexibility index (Phi) is 2.97. The van der Waals surface area contributed by atoms with Crippen molar-refractivity contribution in [3.05, 3.63) is 36.5 Å². The Morgan fingerprint density at radius 1 is 1.11 bits per heavy atom. The number of aromatic nitrogens is 1. The van der Waals surface area contributed by atoms with Gasteiger partial charge in [0.2, 0.25) is 0 Å². The minimum atomic E-state index is 0.386. The van der Waals surface area contributed by atoms with Crippen LogP contribution in [0.25, 0.3) is 10.8 Å². The first-order chi connectivity index (χ1) is 8.81. The highest BCUT2D eigenvalue weighted by Crippen LogP contribution is 2.21. The SMILES string of the molecule is O=C1CCC(Nc2cc3ccccc3cn2)CC1. The fourth-order valence-electron chi connectivity index (χ4n) is 2.46. The van der Waals surface area contributed by atoms with Crippen molar-refractivity contribution < 1.29 is 4.79 Å². The van der Waals surface area contributed by atoms with Crippen LogP contribution in [-0.2, 0) is 4.79 Å². The third-order valence-electron chi connectivity index (χ3n) is 3.53. The van der Waals surface area contributed by atoms with Crippen LogP contribution in [0.1, 0.15) is 25.7 Å². The Labute approximate surface area is 106 Å². The molecule has 1 aliphatic carbocycles. The molecule has 0 unspecified atom stereocenters. The lowest BCUT2D eigenvalue weighted by atomic mass is 9.94. The lowest BCUT2D eigenvalue weighted by molar-refractivity contribution is -0.120. The highest BCUT2D eigenvalue weighted by atomic mass is 16.1. The lowest BCUT2D eigenvalue weighted by Crippen LogP contribution is -2.26. The maximum Gasteiger partial charge on any atom is 0.133 e. The Morgan fingerprint density at radius 2 is 1.83 bits per heavy atom. The predicted molar refractivity (Wildman–Crippen MR) is 72.6 cm³/mol. The van der Waals surface area contributed by atoms with Gasteiger partial charge in [0.05, 0.1) is 0 Å². The number of nitrogens with zero attached hydrogens (tertiary/aromatic N) is 1. The van der Waals surface area contributed by atoms with Crippen molar-refractivity contribution in [1.29, 1.82) is 0 Å². The summed E-state index contributed by atoms with van der Waals surface area (Å²) < 4.78 is 0. The lowest BCUT2D eigenvalue weighted by Gasteiger charge is -2.22. The van der Waals surface area contributed by atoms with Crippen molar-refractivity contribution in [1.82, 2.24) is 4.98 Å². The molecule has 92 valence electrons. The molecule has 0 spiro atoms. The van der Waals surface area contributed by atoms with Crippen molar-refractivity contribution in [2.75, 3.05) is 5.32 Å². The molecule has 1 aromatic carbocycles. The summed E-state index contributed by atoms with van der Waals surface area (Å²) in [5.74, 6) is 1.30. The van der Waals surface area contributed by atoms with Gasteiger partial charge in [-0.3, -0.25) is 4.79 Å². The molecule has 1 heterocycles. The molecule has 3 rings (SSSR count). The Bertz CT molecular complexity index is 569. The summed E-state index contributed by atoms with van der Waals surface area (Å²) in [7, 11) is 0. The van der Waals surface area contributed by atoms with Crippen molar-refractivity contribution in [3.63, 3.8) is 0 Å². The van der Waals surface area contributed by atoms with Crippen LogP contribution < -0.4 is 5.32 Å². The molecule has 0 radical (unpaired) electrons. The zero-order valence-electron chi connectivity index (χ0n) is 10.2. The number of ketones is 1. The number of rotatable bonds is 2. The van der Waals surface area contributed by atoms with Gasteiger partial charge in [-0.15, -0.1) is 0 Å². The van der Waals surface area contributed by atoms with Crippen LogP contribution in [0.4, 0.5) is 5.82 Å². The molecule has 1 aromatic heterocycles. The van der Waals surface area contributed by atoms with Crippen molar-refractivity contribution in [2.24, 2.45) is 0 Å². The van der Waals surface area contributed by atoms with E-state index in [4.69, 9.17) is 0 Å². The van der Waals surface area contributed by atoms with Gasteiger partial charge in [-0.05, 0) is 24.3 Å². The molecule has 3 heteroatoms. The normalized spacial score (nSPS) is 17.0. The van der Waals surface area contributed by atoms with Gasteiger partial charge in [0, 0.05) is 30.5 Å². The second-order valence-electron chi connectivity index (χ2n) is 4.87. The number of Topliss-reactive ketones (excluding diaryl/α,β-unsaturated/α-hetero) is 1. The van der Waals surface area contributed by atoms with Gasteiger partial charge in [-0.1, -0.05) is 24.3 Å². The van der Waals surface area contributed by atoms with E-state index >= 15 is 0 Å². The summed E-state index contributed by atoms with van der Waals surface area (Å²) in [6, 6.07) is 10.7. The molecule has 3 nitrogen and oxygen atoms in total. The number of pyridine rings is 1. The van der Waals surface area contributed by atoms with Gasteiger partial charge in [0.1, 0.15) is 11.6 Å². The number of anilines is 1. The molecule has 18 heavy (non-hydrogen) atoms. The number of carbonyl (C=O) groups excluding carboxylic acids is 1. The first kappa shape index (κ1) is 11.2. The van der Waals surface area contributed by atoms with Crippen molar-refractivity contribution in [2.45, 2.75) is 31.7 Å². The number of carbonyl (C=O) groups is 1. The minimum Gasteiger partial charge on any atom is -0.367 e. The largest absolute Gasteiger partial charge is 0.367 e. The maximum atomic E-state index is 11.2. The summed E-state index contributed by atoms with van der Waals surface area (Å²) >= 11 is 0. The summed E-state index contributed by atoms with van der Waals surface area (Å²) in [4.78, 5) is 15.6. The second kappa shape index (κ2) is 4.77. The Morgan fingerprint density at radius 3 is 2.61 bits per heavy atom. The molecular formula is C15H16N2O. The van der Waals surface area contributed by atoms with E-state index in [0.29, 0.717) is 24.7 Å². The Hall–Kier alpha value is -1.90. The van der Waals surface area contributed by atoms with Gasteiger partial charge < -0.3 is 5.32 Å². The van der Waals surface area contributed by atoms with Crippen LogP contribution >= 0.6 is 0 Å². The standard InChI is InChI=1S/C15H16N2O/c18-14-7-5-13(6-8-14)17-15-9-11-3-1-2-4-12(11)10-16-15/h1-4,9-10,13H,5-8H2,(H,16,17). The zero-order valence-corrected chi connectivity index (χ0v) is 10.2. The molecule has 1 N–H and O–H groups in total. The van der Waals surface area contributed by atoms with Crippen molar-refractivity contribution >= 4 is 22.4 Å². The van der Waals surface area contributed by atoms with Crippen LogP contribution in [0.2, 0.25) is 0 Å². The molecule has 1 fully saturated rings. The predicted octanol–water partition coefficient (Wildman–Crippen LogP) is 3.16. The zero-order chi connectivity index (χ0) is 12.4. The first-order valence-electron chi connectivity index (χ1n) is 6.44. The van der Waals surface area contributed by atoms with Crippen LogP contribution in [0.3, 0.4) is 0 Å². The summed E-state index contributed by atoms with van der Waals surface area (Å²) in [6.07, 6.45) is 5.14. The van der Waals surface area contributed by atoms with Gasteiger partial charge >= 0.3 is 0 Å². The first-order valence-corrected chi connectivity index (χ1v) is 6.44. The van der Waals surface area contributed by atoms with Crippen LogP contribution in [0.5, 0.6) is 0 Å². The van der Waals surface area contributed by atoms with Crippen molar-refractivity contribution in [3.8, 4) is 0 Å². The average molecular weight is 240 g/mol. The van der Waals surface area contributed by atoms with Crippen LogP contribution in [-0.4, -0.2) is 16.8 Å². The van der Waals surface area contributed by atoms with E-state index < -0.39 is 0 Å². The van der Waals surface area contributed by atoms with E-state index in [1.54, 1.807) is 0 Å². The molecule has 1 saturated carbocycles. The molecule has 0 amide bonds. The van der Waals surface area contributed by atoms with Gasteiger partial charge in [0.25, 0.3) is 0 Å². The number of hydrogen-bond donors (Lipinski definition) is 1. The summed E-state index contributed by atoms with van der Waals surface area (Å²) in [6.45, 7) is 0. The molecule has 0 bridgehead atoms. The molecule has 0 atom stereocenters. The van der Waals surface area contributed by atoms with Gasteiger partial charge in [0.15, 0.2) is 0 Å². The number of benzene rings is 1.